The third-order valence-electron chi connectivity index (χ3n) is 4.15. The molecule has 2 N–H and O–H groups in total. The van der Waals surface area contributed by atoms with Crippen molar-refractivity contribution in [3.05, 3.63) is 76.4 Å². The zero-order valence-electron chi connectivity index (χ0n) is 16.1. The van der Waals surface area contributed by atoms with Gasteiger partial charge in [0.1, 0.15) is 0 Å². The number of carbonyl (C=O) groups excluding carboxylic acids is 1. The van der Waals surface area contributed by atoms with Crippen molar-refractivity contribution in [2.24, 2.45) is 0 Å². The second-order valence-corrected chi connectivity index (χ2v) is 7.11. The van der Waals surface area contributed by atoms with E-state index in [1.54, 1.807) is 31.2 Å². The first-order chi connectivity index (χ1) is 14.0. The lowest BCUT2D eigenvalue weighted by Gasteiger charge is -2.09. The normalized spacial score (nSPS) is 10.4. The number of carbonyl (C=O) groups is 1. The van der Waals surface area contributed by atoms with Gasteiger partial charge in [-0.15, -0.1) is 0 Å². The predicted molar refractivity (Wildman–Crippen MR) is 120 cm³/mol. The van der Waals surface area contributed by atoms with E-state index in [0.717, 1.165) is 16.9 Å². The summed E-state index contributed by atoms with van der Waals surface area (Å²) in [7, 11) is 0. The highest BCUT2D eigenvalue weighted by atomic mass is 35.5. The fourth-order valence-electron chi connectivity index (χ4n) is 2.70. The van der Waals surface area contributed by atoms with Crippen LogP contribution in [-0.4, -0.2) is 27.5 Å². The lowest BCUT2D eigenvalue weighted by molar-refractivity contribution is 0.0526. The lowest BCUT2D eigenvalue weighted by atomic mass is 10.2. The summed E-state index contributed by atoms with van der Waals surface area (Å²) >= 11 is 11.6. The summed E-state index contributed by atoms with van der Waals surface area (Å²) in [5.74, 6) is 0.287. The molecule has 0 bridgehead atoms. The molecule has 2 aromatic carbocycles. The Hall–Kier alpha value is -2.90. The van der Waals surface area contributed by atoms with Gasteiger partial charge in [0.25, 0.3) is 0 Å². The Morgan fingerprint density at radius 3 is 2.59 bits per heavy atom. The molecule has 0 radical (unpaired) electrons. The number of ether oxygens (including phenoxy) is 1. The number of hydrogen-bond acceptors (Lipinski definition) is 4. The van der Waals surface area contributed by atoms with Crippen molar-refractivity contribution in [3.8, 4) is 0 Å². The summed E-state index contributed by atoms with van der Waals surface area (Å²) in [6.45, 7) is 4.66. The summed E-state index contributed by atoms with van der Waals surface area (Å²) in [6, 6.07) is 16.5. The largest absolute Gasteiger partial charge is 0.462 e. The van der Waals surface area contributed by atoms with Crippen LogP contribution in [0.2, 0.25) is 5.02 Å². The zero-order chi connectivity index (χ0) is 20.8. The number of esters is 1. The van der Waals surface area contributed by atoms with Crippen molar-refractivity contribution in [3.63, 3.8) is 0 Å². The third kappa shape index (κ3) is 5.56. The van der Waals surface area contributed by atoms with Crippen LogP contribution in [0.15, 0.2) is 54.6 Å². The van der Waals surface area contributed by atoms with Crippen LogP contribution < -0.4 is 10.6 Å². The van der Waals surface area contributed by atoms with Crippen molar-refractivity contribution in [2.75, 3.05) is 17.2 Å². The van der Waals surface area contributed by atoms with Crippen LogP contribution in [0, 0.1) is 6.92 Å². The van der Waals surface area contributed by atoms with Crippen LogP contribution in [0.3, 0.4) is 0 Å². The van der Waals surface area contributed by atoms with Crippen molar-refractivity contribution in [1.29, 1.82) is 0 Å². The summed E-state index contributed by atoms with van der Waals surface area (Å²) in [5.41, 5.74) is 3.22. The Morgan fingerprint density at radius 2 is 1.90 bits per heavy atom. The second-order valence-electron chi connectivity index (χ2n) is 6.30. The second kappa shape index (κ2) is 9.54. The van der Waals surface area contributed by atoms with Gasteiger partial charge in [-0.1, -0.05) is 29.8 Å². The minimum atomic E-state index is -0.348. The first kappa shape index (κ1) is 20.8. The molecule has 0 aliphatic carbocycles. The van der Waals surface area contributed by atoms with E-state index in [9.17, 15) is 4.79 Å². The van der Waals surface area contributed by atoms with E-state index < -0.39 is 0 Å². The van der Waals surface area contributed by atoms with Gasteiger partial charge in [0.2, 0.25) is 0 Å². The van der Waals surface area contributed by atoms with E-state index in [4.69, 9.17) is 28.6 Å². The molecule has 150 valence electrons. The predicted octanol–water partition coefficient (Wildman–Crippen LogP) is 4.88. The fourth-order valence-corrected chi connectivity index (χ4v) is 3.12. The molecule has 0 saturated carbocycles. The first-order valence-corrected chi connectivity index (χ1v) is 9.88. The van der Waals surface area contributed by atoms with Gasteiger partial charge < -0.3 is 15.4 Å². The molecule has 3 rings (SSSR count). The Morgan fingerprint density at radius 1 is 1.17 bits per heavy atom. The quantitative estimate of drug-likeness (QED) is 0.431. The smallest absolute Gasteiger partial charge is 0.338 e. The maximum Gasteiger partial charge on any atom is 0.338 e. The number of benzene rings is 2. The standard InChI is InChI=1S/C21H21ClN4O2S/c1-3-28-20(27)15-8-10-17(11-9-15)23-21(29)24-19-12-14(2)26(25-19)13-16-6-4-5-7-18(16)22/h4-12H,3,13H2,1-2H3,(H2,23,24,25,29). The van der Waals surface area contributed by atoms with Gasteiger partial charge in [-0.05, 0) is 62.0 Å². The maximum atomic E-state index is 11.7. The highest BCUT2D eigenvalue weighted by Crippen LogP contribution is 2.18. The molecule has 1 heterocycles. The highest BCUT2D eigenvalue weighted by Gasteiger charge is 2.09. The summed E-state index contributed by atoms with van der Waals surface area (Å²) in [6.07, 6.45) is 0. The Balaban J connectivity index is 1.61. The average molecular weight is 429 g/mol. The molecule has 0 fully saturated rings. The number of aryl methyl sites for hydroxylation is 1. The molecule has 6 nitrogen and oxygen atoms in total. The number of thiocarbonyl (C=S) groups is 1. The van der Waals surface area contributed by atoms with Crippen molar-refractivity contribution < 1.29 is 9.53 Å². The Bertz CT molecular complexity index is 1020. The number of aromatic nitrogens is 2. The molecular weight excluding hydrogens is 408 g/mol. The third-order valence-corrected chi connectivity index (χ3v) is 4.73. The number of anilines is 2. The van der Waals surface area contributed by atoms with Gasteiger partial charge >= 0.3 is 5.97 Å². The number of rotatable bonds is 6. The molecule has 29 heavy (non-hydrogen) atoms. The number of nitrogens with one attached hydrogen (secondary N) is 2. The Kier molecular flexibility index (Phi) is 6.85. The molecule has 3 aromatic rings. The van der Waals surface area contributed by atoms with E-state index in [0.29, 0.717) is 34.7 Å². The van der Waals surface area contributed by atoms with Crippen LogP contribution in [-0.2, 0) is 11.3 Å². The molecule has 0 aliphatic heterocycles. The van der Waals surface area contributed by atoms with Crippen LogP contribution in [0.25, 0.3) is 0 Å². The Labute approximate surface area is 179 Å². The average Bonchev–Trinajstić information content (AvgIpc) is 3.03. The van der Waals surface area contributed by atoms with E-state index in [1.807, 2.05) is 41.9 Å². The van der Waals surface area contributed by atoms with Crippen LogP contribution in [0.1, 0.15) is 28.5 Å². The molecule has 0 amide bonds. The van der Waals surface area contributed by atoms with Gasteiger partial charge in [-0.25, -0.2) is 4.79 Å². The minimum absolute atomic E-state index is 0.343. The molecule has 1 aromatic heterocycles. The molecule has 0 aliphatic rings. The number of nitrogens with zero attached hydrogens (tertiary/aromatic N) is 2. The van der Waals surface area contributed by atoms with E-state index in [1.165, 1.54) is 0 Å². The van der Waals surface area contributed by atoms with Crippen LogP contribution in [0.4, 0.5) is 11.5 Å². The monoisotopic (exact) mass is 428 g/mol. The van der Waals surface area contributed by atoms with Gasteiger partial charge in [0.15, 0.2) is 10.9 Å². The summed E-state index contributed by atoms with van der Waals surface area (Å²) < 4.78 is 6.84. The molecule has 0 atom stereocenters. The summed E-state index contributed by atoms with van der Waals surface area (Å²) in [5, 5.41) is 11.8. The first-order valence-electron chi connectivity index (χ1n) is 9.09. The summed E-state index contributed by atoms with van der Waals surface area (Å²) in [4.78, 5) is 11.7. The van der Waals surface area contributed by atoms with E-state index in [2.05, 4.69) is 15.7 Å². The van der Waals surface area contributed by atoms with E-state index >= 15 is 0 Å². The van der Waals surface area contributed by atoms with Gasteiger partial charge in [0, 0.05) is 22.5 Å². The highest BCUT2D eigenvalue weighted by molar-refractivity contribution is 7.80. The van der Waals surface area contributed by atoms with E-state index in [-0.39, 0.29) is 5.97 Å². The van der Waals surface area contributed by atoms with Gasteiger partial charge in [0.05, 0.1) is 18.7 Å². The van der Waals surface area contributed by atoms with Crippen LogP contribution in [0.5, 0.6) is 0 Å². The molecular formula is C21H21ClN4O2S. The fraction of sp³-hybridized carbons (Fsp3) is 0.190. The maximum absolute atomic E-state index is 11.7. The number of hydrogen-bond donors (Lipinski definition) is 2. The van der Waals surface area contributed by atoms with Crippen LogP contribution >= 0.6 is 23.8 Å². The molecule has 8 heteroatoms. The SMILES string of the molecule is CCOC(=O)c1ccc(NC(=S)Nc2cc(C)n(Cc3ccccc3Cl)n2)cc1. The van der Waals surface area contributed by atoms with Gasteiger partial charge in [-0.2, -0.15) is 5.10 Å². The topological polar surface area (TPSA) is 68.2 Å². The molecule has 0 spiro atoms. The van der Waals surface area contributed by atoms with Crippen molar-refractivity contribution in [2.45, 2.75) is 20.4 Å². The zero-order valence-corrected chi connectivity index (χ0v) is 17.7. The number of halogens is 1. The lowest BCUT2D eigenvalue weighted by Crippen LogP contribution is -2.19. The minimum Gasteiger partial charge on any atom is -0.462 e. The van der Waals surface area contributed by atoms with Crippen molar-refractivity contribution in [1.82, 2.24) is 9.78 Å². The van der Waals surface area contributed by atoms with Crippen molar-refractivity contribution >= 4 is 46.4 Å². The van der Waals surface area contributed by atoms with Gasteiger partial charge in [-0.3, -0.25) is 4.68 Å². The molecule has 0 unspecified atom stereocenters. The molecule has 0 saturated heterocycles.